The van der Waals surface area contributed by atoms with Crippen LogP contribution in [0.2, 0.25) is 0 Å². The predicted octanol–water partition coefficient (Wildman–Crippen LogP) is 2.19. The summed E-state index contributed by atoms with van der Waals surface area (Å²) in [5.41, 5.74) is 0.491. The van der Waals surface area contributed by atoms with Crippen LogP contribution in [0, 0.1) is 0 Å². The van der Waals surface area contributed by atoms with E-state index in [1.165, 1.54) is 7.05 Å². The second-order valence-corrected chi connectivity index (χ2v) is 10.2. The van der Waals surface area contributed by atoms with E-state index in [9.17, 15) is 8.42 Å². The standard InChI is InChI=1S/C17H28BNO4S/c1-15(2,3)12-9-13(11-14(10-12)24(20,21)19-8)18-22-16(4,5)17(6,7)23-18/h9-11,19H,1-8H3. The maximum Gasteiger partial charge on any atom is 0.494 e. The molecule has 1 aliphatic rings. The van der Waals surface area contributed by atoms with Crippen LogP contribution in [0.3, 0.4) is 0 Å². The van der Waals surface area contributed by atoms with E-state index in [0.29, 0.717) is 0 Å². The monoisotopic (exact) mass is 353 g/mol. The molecular weight excluding hydrogens is 325 g/mol. The van der Waals surface area contributed by atoms with Crippen LogP contribution in [0.5, 0.6) is 0 Å². The first-order chi connectivity index (χ1) is 10.7. The average Bonchev–Trinajstić information content (AvgIpc) is 2.66. The molecule has 1 aromatic carbocycles. The molecule has 24 heavy (non-hydrogen) atoms. The van der Waals surface area contributed by atoms with Gasteiger partial charge in [-0.05, 0) is 63.3 Å². The molecule has 0 bridgehead atoms. The van der Waals surface area contributed by atoms with Gasteiger partial charge in [-0.1, -0.05) is 26.8 Å². The van der Waals surface area contributed by atoms with Gasteiger partial charge in [0.25, 0.3) is 0 Å². The maximum atomic E-state index is 12.3. The lowest BCUT2D eigenvalue weighted by Crippen LogP contribution is -2.41. The molecule has 0 amide bonds. The third-order valence-electron chi connectivity index (χ3n) is 4.90. The van der Waals surface area contributed by atoms with Crippen LogP contribution in [-0.2, 0) is 24.7 Å². The van der Waals surface area contributed by atoms with Gasteiger partial charge in [0.05, 0.1) is 16.1 Å². The molecule has 0 aromatic heterocycles. The Morgan fingerprint density at radius 1 is 1.00 bits per heavy atom. The Labute approximate surface area is 146 Å². The zero-order valence-electron chi connectivity index (χ0n) is 15.9. The number of hydrogen-bond donors (Lipinski definition) is 1. The van der Waals surface area contributed by atoms with Crippen molar-refractivity contribution in [1.82, 2.24) is 4.72 Å². The summed E-state index contributed by atoms with van der Waals surface area (Å²) in [6, 6.07) is 5.31. The molecule has 0 atom stereocenters. The SMILES string of the molecule is CNS(=O)(=O)c1cc(B2OC(C)(C)C(C)(C)O2)cc(C(C)(C)C)c1. The van der Waals surface area contributed by atoms with Crippen molar-refractivity contribution >= 4 is 22.6 Å². The molecular formula is C17H28BNO4S. The van der Waals surface area contributed by atoms with Crippen molar-refractivity contribution in [2.75, 3.05) is 7.05 Å². The number of sulfonamides is 1. The van der Waals surface area contributed by atoms with Gasteiger partial charge >= 0.3 is 7.12 Å². The molecule has 0 unspecified atom stereocenters. The smallest absolute Gasteiger partial charge is 0.399 e. The third kappa shape index (κ3) is 3.54. The van der Waals surface area contributed by atoms with Gasteiger partial charge in [-0.3, -0.25) is 0 Å². The molecule has 0 spiro atoms. The van der Waals surface area contributed by atoms with Crippen LogP contribution >= 0.6 is 0 Å². The highest BCUT2D eigenvalue weighted by molar-refractivity contribution is 7.89. The van der Waals surface area contributed by atoms with Gasteiger partial charge in [0.1, 0.15) is 0 Å². The minimum absolute atomic E-state index is 0.197. The van der Waals surface area contributed by atoms with Gasteiger partial charge in [-0.25, -0.2) is 13.1 Å². The lowest BCUT2D eigenvalue weighted by Gasteiger charge is -2.32. The fraction of sp³-hybridized carbons (Fsp3) is 0.647. The number of hydrogen-bond acceptors (Lipinski definition) is 4. The summed E-state index contributed by atoms with van der Waals surface area (Å²) in [4.78, 5) is 0.224. The lowest BCUT2D eigenvalue weighted by molar-refractivity contribution is 0.00578. The second kappa shape index (κ2) is 5.83. The lowest BCUT2D eigenvalue weighted by atomic mass is 9.75. The van der Waals surface area contributed by atoms with Crippen molar-refractivity contribution in [2.45, 2.75) is 70.0 Å². The molecule has 0 aliphatic carbocycles. The molecule has 134 valence electrons. The summed E-state index contributed by atoms with van der Waals surface area (Å²) in [5.74, 6) is 0. The molecule has 1 N–H and O–H groups in total. The van der Waals surface area contributed by atoms with Crippen molar-refractivity contribution in [3.63, 3.8) is 0 Å². The summed E-state index contributed by atoms with van der Waals surface area (Å²) < 4.78 is 39.2. The Bertz CT molecular complexity index is 719. The Hall–Kier alpha value is -0.885. The summed E-state index contributed by atoms with van der Waals surface area (Å²) in [6.45, 7) is 14.1. The number of rotatable bonds is 3. The largest absolute Gasteiger partial charge is 0.494 e. The van der Waals surface area contributed by atoms with E-state index in [4.69, 9.17) is 9.31 Å². The van der Waals surface area contributed by atoms with Gasteiger partial charge in [0.15, 0.2) is 0 Å². The van der Waals surface area contributed by atoms with Gasteiger partial charge in [0, 0.05) is 0 Å². The van der Waals surface area contributed by atoms with E-state index < -0.39 is 28.3 Å². The van der Waals surface area contributed by atoms with E-state index in [2.05, 4.69) is 4.72 Å². The zero-order chi connectivity index (χ0) is 18.6. The maximum absolute atomic E-state index is 12.3. The topological polar surface area (TPSA) is 64.6 Å². The van der Waals surface area contributed by atoms with Crippen LogP contribution in [0.25, 0.3) is 0 Å². The van der Waals surface area contributed by atoms with Crippen LogP contribution in [-0.4, -0.2) is 33.8 Å². The van der Waals surface area contributed by atoms with Crippen LogP contribution < -0.4 is 10.2 Å². The summed E-state index contributed by atoms with van der Waals surface area (Å²) in [7, 11) is -2.74. The molecule has 1 aromatic rings. The first kappa shape index (κ1) is 19.4. The fourth-order valence-corrected chi connectivity index (χ4v) is 3.25. The first-order valence-corrected chi connectivity index (χ1v) is 9.63. The van der Waals surface area contributed by atoms with E-state index in [1.54, 1.807) is 12.1 Å². The minimum Gasteiger partial charge on any atom is -0.399 e. The fourth-order valence-electron chi connectivity index (χ4n) is 2.44. The molecule has 5 nitrogen and oxygen atoms in total. The molecule has 0 saturated carbocycles. The van der Waals surface area contributed by atoms with Crippen molar-refractivity contribution in [3.05, 3.63) is 23.8 Å². The highest BCUT2D eigenvalue weighted by atomic mass is 32.2. The molecule has 7 heteroatoms. The third-order valence-corrected chi connectivity index (χ3v) is 6.29. The van der Waals surface area contributed by atoms with Crippen molar-refractivity contribution < 1.29 is 17.7 Å². The normalized spacial score (nSPS) is 20.4. The Morgan fingerprint density at radius 3 is 1.92 bits per heavy atom. The quantitative estimate of drug-likeness (QED) is 0.846. The van der Waals surface area contributed by atoms with Gasteiger partial charge < -0.3 is 9.31 Å². The van der Waals surface area contributed by atoms with Gasteiger partial charge in [0.2, 0.25) is 10.0 Å². The van der Waals surface area contributed by atoms with E-state index in [-0.39, 0.29) is 10.3 Å². The minimum atomic E-state index is -3.55. The van der Waals surface area contributed by atoms with Crippen molar-refractivity contribution in [1.29, 1.82) is 0 Å². The zero-order valence-corrected chi connectivity index (χ0v) is 16.7. The first-order valence-electron chi connectivity index (χ1n) is 8.14. The number of benzene rings is 1. The molecule has 1 heterocycles. The molecule has 2 rings (SSSR count). The highest BCUT2D eigenvalue weighted by Crippen LogP contribution is 2.37. The van der Waals surface area contributed by atoms with Gasteiger partial charge in [-0.2, -0.15) is 0 Å². The highest BCUT2D eigenvalue weighted by Gasteiger charge is 2.52. The summed E-state index contributed by atoms with van der Waals surface area (Å²) in [6.07, 6.45) is 0. The van der Waals surface area contributed by atoms with Crippen LogP contribution in [0.15, 0.2) is 23.1 Å². The average molecular weight is 353 g/mol. The molecule has 1 fully saturated rings. The molecule has 1 saturated heterocycles. The van der Waals surface area contributed by atoms with Crippen LogP contribution in [0.4, 0.5) is 0 Å². The van der Waals surface area contributed by atoms with E-state index in [1.807, 2.05) is 54.5 Å². The van der Waals surface area contributed by atoms with E-state index >= 15 is 0 Å². The number of nitrogens with one attached hydrogen (secondary N) is 1. The Morgan fingerprint density at radius 2 is 1.50 bits per heavy atom. The van der Waals surface area contributed by atoms with Crippen LogP contribution in [0.1, 0.15) is 54.0 Å². The molecule has 0 radical (unpaired) electrons. The van der Waals surface area contributed by atoms with Gasteiger partial charge in [-0.15, -0.1) is 0 Å². The van der Waals surface area contributed by atoms with Crippen molar-refractivity contribution in [3.8, 4) is 0 Å². The van der Waals surface area contributed by atoms with E-state index in [0.717, 1.165) is 11.0 Å². The predicted molar refractivity (Wildman–Crippen MR) is 97.1 cm³/mol. The Kier molecular flexibility index (Phi) is 4.72. The summed E-state index contributed by atoms with van der Waals surface area (Å²) in [5, 5.41) is 0. The molecule has 1 aliphatic heterocycles. The van der Waals surface area contributed by atoms with Crippen molar-refractivity contribution in [2.24, 2.45) is 0 Å². The summed E-state index contributed by atoms with van der Waals surface area (Å²) >= 11 is 0. The second-order valence-electron chi connectivity index (χ2n) is 8.34. The Balaban J connectivity index is 2.57.